The van der Waals surface area contributed by atoms with Crippen LogP contribution in [0.5, 0.6) is 0 Å². The Bertz CT molecular complexity index is 517. The number of nitrogens with zero attached hydrogens (tertiary/aromatic N) is 1. The molecule has 0 fully saturated rings. The molecule has 0 radical (unpaired) electrons. The van der Waals surface area contributed by atoms with E-state index in [9.17, 15) is 4.79 Å². The molecule has 0 atom stereocenters. The molecular formula is C17H20N2O3. The predicted molar refractivity (Wildman–Crippen MR) is 83.0 cm³/mol. The number of benzene rings is 2. The molecule has 1 amide bonds. The van der Waals surface area contributed by atoms with E-state index in [2.05, 4.69) is 0 Å². The van der Waals surface area contributed by atoms with Gasteiger partial charge >= 0.3 is 0 Å². The van der Waals surface area contributed by atoms with Crippen LogP contribution < -0.4 is 5.73 Å². The lowest BCUT2D eigenvalue weighted by atomic mass is 10.2. The van der Waals surface area contributed by atoms with Crippen LogP contribution in [0.4, 0.5) is 0 Å². The Balaban J connectivity index is 1.86. The van der Waals surface area contributed by atoms with Crippen molar-refractivity contribution in [3.05, 3.63) is 71.8 Å². The molecule has 0 unspecified atom stereocenters. The van der Waals surface area contributed by atoms with Crippen molar-refractivity contribution in [1.82, 2.24) is 5.23 Å². The highest BCUT2D eigenvalue weighted by Crippen LogP contribution is 2.07. The van der Waals surface area contributed by atoms with E-state index in [1.54, 1.807) is 0 Å². The molecule has 0 bridgehead atoms. The van der Waals surface area contributed by atoms with Gasteiger partial charge in [-0.15, -0.1) is 0 Å². The number of hydrogen-bond donors (Lipinski definition) is 1. The van der Waals surface area contributed by atoms with Gasteiger partial charge in [0.2, 0.25) is 5.91 Å². The summed E-state index contributed by atoms with van der Waals surface area (Å²) >= 11 is 0. The summed E-state index contributed by atoms with van der Waals surface area (Å²) in [4.78, 5) is 22.1. The molecule has 0 aromatic heterocycles. The van der Waals surface area contributed by atoms with Gasteiger partial charge in [-0.2, -0.15) is 0 Å². The van der Waals surface area contributed by atoms with Crippen molar-refractivity contribution >= 4 is 5.91 Å². The summed E-state index contributed by atoms with van der Waals surface area (Å²) in [6.07, 6.45) is 0.170. The summed E-state index contributed by atoms with van der Waals surface area (Å²) in [5.41, 5.74) is 7.22. The van der Waals surface area contributed by atoms with Gasteiger partial charge in [-0.1, -0.05) is 65.9 Å². The Labute approximate surface area is 130 Å². The Kier molecular flexibility index (Phi) is 6.57. The normalized spacial score (nSPS) is 10.8. The van der Waals surface area contributed by atoms with Gasteiger partial charge in [-0.25, -0.2) is 0 Å². The Morgan fingerprint density at radius 3 is 1.73 bits per heavy atom. The molecule has 5 heteroatoms. The molecule has 2 rings (SSSR count). The lowest BCUT2D eigenvalue weighted by Crippen LogP contribution is -2.28. The van der Waals surface area contributed by atoms with E-state index in [1.807, 2.05) is 60.7 Å². The monoisotopic (exact) mass is 300 g/mol. The minimum Gasteiger partial charge on any atom is -0.370 e. The molecule has 22 heavy (non-hydrogen) atoms. The average Bonchev–Trinajstić information content (AvgIpc) is 2.56. The van der Waals surface area contributed by atoms with Crippen molar-refractivity contribution in [3.8, 4) is 0 Å². The summed E-state index contributed by atoms with van der Waals surface area (Å²) in [7, 11) is 0. The molecule has 116 valence electrons. The fourth-order valence-electron chi connectivity index (χ4n) is 1.81. The standard InChI is InChI=1S/C17H20N2O3/c18-17(20)11-12-19(21-13-15-7-3-1-4-8-15)22-14-16-9-5-2-6-10-16/h1-10H,11-14H2,(H2,18,20). The van der Waals surface area contributed by atoms with E-state index in [1.165, 1.54) is 5.23 Å². The minimum absolute atomic E-state index is 0.170. The fourth-order valence-corrected chi connectivity index (χ4v) is 1.81. The van der Waals surface area contributed by atoms with Gasteiger partial charge in [-0.3, -0.25) is 14.5 Å². The molecule has 0 spiro atoms. The fraction of sp³-hybridized carbons (Fsp3) is 0.235. The second-order valence-corrected chi connectivity index (χ2v) is 4.79. The number of carbonyl (C=O) groups is 1. The van der Waals surface area contributed by atoms with E-state index in [0.29, 0.717) is 13.2 Å². The lowest BCUT2D eigenvalue weighted by Gasteiger charge is -2.20. The highest BCUT2D eigenvalue weighted by Gasteiger charge is 2.09. The zero-order valence-electron chi connectivity index (χ0n) is 12.4. The molecule has 5 nitrogen and oxygen atoms in total. The maximum atomic E-state index is 10.9. The zero-order valence-corrected chi connectivity index (χ0v) is 12.4. The van der Waals surface area contributed by atoms with Gasteiger partial charge in [0.05, 0.1) is 19.8 Å². The number of carbonyl (C=O) groups excluding carboxylic acids is 1. The summed E-state index contributed by atoms with van der Waals surface area (Å²) < 4.78 is 0. The summed E-state index contributed by atoms with van der Waals surface area (Å²) in [6, 6.07) is 19.5. The first-order valence-corrected chi connectivity index (χ1v) is 7.13. The van der Waals surface area contributed by atoms with Crippen molar-refractivity contribution in [2.24, 2.45) is 5.73 Å². The molecule has 2 aromatic rings. The van der Waals surface area contributed by atoms with Crippen LogP contribution in [0.2, 0.25) is 0 Å². The van der Waals surface area contributed by atoms with E-state index in [4.69, 9.17) is 15.4 Å². The number of amides is 1. The van der Waals surface area contributed by atoms with E-state index in [0.717, 1.165) is 11.1 Å². The van der Waals surface area contributed by atoms with Crippen molar-refractivity contribution in [1.29, 1.82) is 0 Å². The first-order valence-electron chi connectivity index (χ1n) is 7.13. The van der Waals surface area contributed by atoms with Crippen LogP contribution in [-0.4, -0.2) is 17.7 Å². The van der Waals surface area contributed by atoms with Crippen molar-refractivity contribution in [2.45, 2.75) is 19.6 Å². The number of nitrogens with two attached hydrogens (primary N) is 1. The van der Waals surface area contributed by atoms with Crippen molar-refractivity contribution in [3.63, 3.8) is 0 Å². The van der Waals surface area contributed by atoms with Crippen LogP contribution in [0.25, 0.3) is 0 Å². The quantitative estimate of drug-likeness (QED) is 0.722. The Morgan fingerprint density at radius 2 is 1.32 bits per heavy atom. The number of hydrogen-bond acceptors (Lipinski definition) is 4. The minimum atomic E-state index is -0.392. The molecule has 0 aliphatic rings. The molecule has 0 heterocycles. The number of primary amides is 1. The summed E-state index contributed by atoms with van der Waals surface area (Å²) in [5, 5.41) is 1.32. The highest BCUT2D eigenvalue weighted by molar-refractivity contribution is 5.73. The maximum Gasteiger partial charge on any atom is 0.218 e. The average molecular weight is 300 g/mol. The van der Waals surface area contributed by atoms with Crippen LogP contribution >= 0.6 is 0 Å². The molecule has 0 saturated heterocycles. The molecule has 0 aliphatic heterocycles. The van der Waals surface area contributed by atoms with Crippen LogP contribution in [0.1, 0.15) is 17.5 Å². The second kappa shape index (κ2) is 8.94. The van der Waals surface area contributed by atoms with Gasteiger partial charge in [-0.05, 0) is 11.1 Å². The summed E-state index contributed by atoms with van der Waals surface area (Å²) in [6.45, 7) is 1.03. The molecule has 2 N–H and O–H groups in total. The third-order valence-electron chi connectivity index (χ3n) is 2.98. The van der Waals surface area contributed by atoms with Crippen LogP contribution in [-0.2, 0) is 27.7 Å². The van der Waals surface area contributed by atoms with E-state index < -0.39 is 5.91 Å². The molecule has 0 saturated carbocycles. The lowest BCUT2D eigenvalue weighted by molar-refractivity contribution is -0.379. The molecule has 0 aliphatic carbocycles. The Morgan fingerprint density at radius 1 is 0.864 bits per heavy atom. The first-order chi connectivity index (χ1) is 10.7. The third kappa shape index (κ3) is 6.05. The van der Waals surface area contributed by atoms with E-state index in [-0.39, 0.29) is 13.0 Å². The molecular weight excluding hydrogens is 280 g/mol. The zero-order chi connectivity index (χ0) is 15.6. The number of rotatable bonds is 9. The second-order valence-electron chi connectivity index (χ2n) is 4.79. The SMILES string of the molecule is NC(=O)CCN(OCc1ccccc1)OCc1ccccc1. The predicted octanol–water partition coefficient (Wildman–Crippen LogP) is 2.43. The first kappa shape index (κ1) is 16.2. The van der Waals surface area contributed by atoms with Gasteiger partial charge in [0.15, 0.2) is 0 Å². The molecule has 2 aromatic carbocycles. The number of hydroxylamine groups is 2. The van der Waals surface area contributed by atoms with Gasteiger partial charge in [0.25, 0.3) is 0 Å². The highest BCUT2D eigenvalue weighted by atomic mass is 16.9. The van der Waals surface area contributed by atoms with Gasteiger partial charge in [0, 0.05) is 6.42 Å². The van der Waals surface area contributed by atoms with Crippen LogP contribution in [0, 0.1) is 0 Å². The topological polar surface area (TPSA) is 64.8 Å². The van der Waals surface area contributed by atoms with Crippen LogP contribution in [0.3, 0.4) is 0 Å². The van der Waals surface area contributed by atoms with Crippen molar-refractivity contribution < 1.29 is 14.5 Å². The van der Waals surface area contributed by atoms with Gasteiger partial charge < -0.3 is 5.73 Å². The van der Waals surface area contributed by atoms with Crippen LogP contribution in [0.15, 0.2) is 60.7 Å². The van der Waals surface area contributed by atoms with Crippen molar-refractivity contribution in [2.75, 3.05) is 6.54 Å². The third-order valence-corrected chi connectivity index (χ3v) is 2.98. The Hall–Kier alpha value is -2.21. The maximum absolute atomic E-state index is 10.9. The van der Waals surface area contributed by atoms with E-state index >= 15 is 0 Å². The largest absolute Gasteiger partial charge is 0.370 e. The van der Waals surface area contributed by atoms with Gasteiger partial charge in [0.1, 0.15) is 0 Å². The summed E-state index contributed by atoms with van der Waals surface area (Å²) in [5.74, 6) is -0.392. The smallest absolute Gasteiger partial charge is 0.218 e.